The van der Waals surface area contributed by atoms with Crippen LogP contribution in [0.1, 0.15) is 19.3 Å². The fourth-order valence-electron chi connectivity index (χ4n) is 2.81. The Labute approximate surface area is 121 Å². The highest BCUT2D eigenvalue weighted by Crippen LogP contribution is 2.32. The molecule has 19 heavy (non-hydrogen) atoms. The Balaban J connectivity index is 1.48. The third-order valence-electron chi connectivity index (χ3n) is 3.96. The number of hydrogen-bond acceptors (Lipinski definition) is 4. The number of thiazole rings is 1. The van der Waals surface area contributed by atoms with Crippen molar-refractivity contribution >= 4 is 38.3 Å². The van der Waals surface area contributed by atoms with Crippen LogP contribution in [0.15, 0.2) is 18.2 Å². The number of fused-ring (bicyclic) bond motifs is 1. The minimum Gasteiger partial charge on any atom is -0.357 e. The van der Waals surface area contributed by atoms with E-state index in [1.54, 1.807) is 11.3 Å². The highest BCUT2D eigenvalue weighted by Gasteiger charge is 2.34. The molecule has 0 radical (unpaired) electrons. The number of rotatable bonds is 3. The molecule has 3 nitrogen and oxygen atoms in total. The third kappa shape index (κ3) is 2.45. The lowest BCUT2D eigenvalue weighted by atomic mass is 10.3. The van der Waals surface area contributed by atoms with Crippen molar-refractivity contribution in [2.75, 3.05) is 18.4 Å². The summed E-state index contributed by atoms with van der Waals surface area (Å²) in [5.74, 6) is 0. The Kier molecular flexibility index (Phi) is 2.90. The minimum atomic E-state index is 0.552. The van der Waals surface area contributed by atoms with Gasteiger partial charge < -0.3 is 5.32 Å². The van der Waals surface area contributed by atoms with Gasteiger partial charge in [-0.25, -0.2) is 4.98 Å². The first-order valence-corrected chi connectivity index (χ1v) is 8.04. The molecule has 1 unspecified atom stereocenters. The van der Waals surface area contributed by atoms with Gasteiger partial charge >= 0.3 is 0 Å². The summed E-state index contributed by atoms with van der Waals surface area (Å²) >= 11 is 7.71. The van der Waals surface area contributed by atoms with Crippen LogP contribution in [-0.2, 0) is 0 Å². The third-order valence-corrected chi connectivity index (χ3v) is 5.15. The van der Waals surface area contributed by atoms with Crippen molar-refractivity contribution in [1.29, 1.82) is 0 Å². The van der Waals surface area contributed by atoms with Crippen molar-refractivity contribution in [1.82, 2.24) is 9.88 Å². The predicted molar refractivity (Wildman–Crippen MR) is 81.3 cm³/mol. The van der Waals surface area contributed by atoms with Crippen molar-refractivity contribution in [3.05, 3.63) is 23.2 Å². The van der Waals surface area contributed by atoms with E-state index in [1.165, 1.54) is 32.4 Å². The van der Waals surface area contributed by atoms with Crippen molar-refractivity contribution in [2.45, 2.75) is 31.3 Å². The quantitative estimate of drug-likeness (QED) is 0.937. The number of hydrogen-bond donors (Lipinski definition) is 1. The molecule has 2 heterocycles. The van der Waals surface area contributed by atoms with Crippen molar-refractivity contribution in [2.24, 2.45) is 0 Å². The molecule has 2 aromatic rings. The molecule has 1 saturated carbocycles. The molecule has 1 aromatic carbocycles. The largest absolute Gasteiger partial charge is 0.357 e. The van der Waals surface area contributed by atoms with Gasteiger partial charge in [-0.3, -0.25) is 4.90 Å². The van der Waals surface area contributed by atoms with Gasteiger partial charge in [0.2, 0.25) is 0 Å². The van der Waals surface area contributed by atoms with Crippen molar-refractivity contribution in [3.8, 4) is 0 Å². The molecule has 100 valence electrons. The Bertz CT molecular complexity index is 608. The average molecular weight is 294 g/mol. The number of anilines is 1. The Hall–Kier alpha value is -0.840. The van der Waals surface area contributed by atoms with E-state index in [0.717, 1.165) is 26.4 Å². The van der Waals surface area contributed by atoms with Gasteiger partial charge in [0.25, 0.3) is 0 Å². The molecule has 1 aliphatic heterocycles. The van der Waals surface area contributed by atoms with Crippen LogP contribution in [0.5, 0.6) is 0 Å². The summed E-state index contributed by atoms with van der Waals surface area (Å²) in [4.78, 5) is 7.25. The standard InChI is InChI=1S/C14H16ClN3S/c15-9-1-4-12-13(7-9)19-14(17-12)16-10-5-6-18(8-10)11-2-3-11/h1,4,7,10-11H,2-3,5-6,8H2,(H,16,17). The Morgan fingerprint density at radius 2 is 2.21 bits per heavy atom. The molecule has 5 heteroatoms. The smallest absolute Gasteiger partial charge is 0.184 e. The van der Waals surface area contributed by atoms with E-state index in [4.69, 9.17) is 11.6 Å². The maximum atomic E-state index is 6.01. The van der Waals surface area contributed by atoms with Crippen molar-refractivity contribution in [3.63, 3.8) is 0 Å². The van der Waals surface area contributed by atoms with Crippen LogP contribution in [0.3, 0.4) is 0 Å². The summed E-state index contributed by atoms with van der Waals surface area (Å²) in [6.07, 6.45) is 4.02. The van der Waals surface area contributed by atoms with Crippen molar-refractivity contribution < 1.29 is 0 Å². The van der Waals surface area contributed by atoms with Gasteiger partial charge in [0, 0.05) is 30.2 Å². The molecule has 1 saturated heterocycles. The first kappa shape index (κ1) is 11.9. The minimum absolute atomic E-state index is 0.552. The zero-order valence-electron chi connectivity index (χ0n) is 10.6. The van der Waals surface area contributed by atoms with Gasteiger partial charge in [-0.1, -0.05) is 22.9 Å². The maximum Gasteiger partial charge on any atom is 0.184 e. The number of aromatic nitrogens is 1. The molecule has 1 atom stereocenters. The lowest BCUT2D eigenvalue weighted by molar-refractivity contribution is 0.326. The van der Waals surface area contributed by atoms with Crippen LogP contribution in [0.4, 0.5) is 5.13 Å². The van der Waals surface area contributed by atoms with Gasteiger partial charge in [0.05, 0.1) is 10.2 Å². The van der Waals surface area contributed by atoms with Crippen LogP contribution in [0, 0.1) is 0 Å². The normalized spacial score (nSPS) is 24.2. The second-order valence-corrected chi connectivity index (χ2v) is 6.95. The zero-order chi connectivity index (χ0) is 12.8. The fraction of sp³-hybridized carbons (Fsp3) is 0.500. The van der Waals surface area contributed by atoms with Crippen LogP contribution < -0.4 is 5.32 Å². The second kappa shape index (κ2) is 4.62. The maximum absolute atomic E-state index is 6.01. The summed E-state index contributed by atoms with van der Waals surface area (Å²) in [5.41, 5.74) is 1.04. The fourth-order valence-corrected chi connectivity index (χ4v) is 4.03. The first-order chi connectivity index (χ1) is 9.28. The van der Waals surface area contributed by atoms with E-state index in [2.05, 4.69) is 15.2 Å². The first-order valence-electron chi connectivity index (χ1n) is 6.84. The highest BCUT2D eigenvalue weighted by molar-refractivity contribution is 7.22. The summed E-state index contributed by atoms with van der Waals surface area (Å²) in [5, 5.41) is 5.39. The molecule has 2 aliphatic rings. The number of halogens is 1. The monoisotopic (exact) mass is 293 g/mol. The average Bonchev–Trinajstić information content (AvgIpc) is 3.01. The van der Waals surface area contributed by atoms with Gasteiger partial charge in [-0.2, -0.15) is 0 Å². The van der Waals surface area contributed by atoms with Gasteiger partial charge in [0.15, 0.2) is 5.13 Å². The molecule has 4 rings (SSSR count). The van der Waals surface area contributed by atoms with E-state index in [-0.39, 0.29) is 0 Å². The summed E-state index contributed by atoms with van der Waals surface area (Å²) in [7, 11) is 0. The van der Waals surface area contributed by atoms with E-state index >= 15 is 0 Å². The molecule has 1 aliphatic carbocycles. The van der Waals surface area contributed by atoms with E-state index in [1.807, 2.05) is 18.2 Å². The predicted octanol–water partition coefficient (Wildman–Crippen LogP) is 3.60. The molecule has 1 N–H and O–H groups in total. The zero-order valence-corrected chi connectivity index (χ0v) is 12.2. The number of nitrogens with one attached hydrogen (secondary N) is 1. The highest BCUT2D eigenvalue weighted by atomic mass is 35.5. The topological polar surface area (TPSA) is 28.2 Å². The van der Waals surface area contributed by atoms with Crippen LogP contribution >= 0.6 is 22.9 Å². The second-order valence-electron chi connectivity index (χ2n) is 5.49. The van der Waals surface area contributed by atoms with Gasteiger partial charge in [0.1, 0.15) is 0 Å². The molecule has 0 spiro atoms. The molecule has 0 amide bonds. The summed E-state index contributed by atoms with van der Waals surface area (Å²) in [6, 6.07) is 7.31. The Morgan fingerprint density at radius 1 is 1.32 bits per heavy atom. The van der Waals surface area contributed by atoms with Crippen LogP contribution in [-0.4, -0.2) is 35.1 Å². The molecular weight excluding hydrogens is 278 g/mol. The van der Waals surface area contributed by atoms with E-state index in [0.29, 0.717) is 6.04 Å². The SMILES string of the molecule is Clc1ccc2nc(NC3CCN(C4CC4)C3)sc2c1. The Morgan fingerprint density at radius 3 is 3.05 bits per heavy atom. The number of likely N-dealkylation sites (tertiary alicyclic amines) is 1. The molecular formula is C14H16ClN3S. The van der Waals surface area contributed by atoms with E-state index < -0.39 is 0 Å². The van der Waals surface area contributed by atoms with Gasteiger partial charge in [-0.15, -0.1) is 0 Å². The lowest BCUT2D eigenvalue weighted by Crippen LogP contribution is -2.27. The summed E-state index contributed by atoms with van der Waals surface area (Å²) in [6.45, 7) is 2.40. The molecule has 0 bridgehead atoms. The number of nitrogens with zero attached hydrogens (tertiary/aromatic N) is 2. The van der Waals surface area contributed by atoms with E-state index in [9.17, 15) is 0 Å². The lowest BCUT2D eigenvalue weighted by Gasteiger charge is -2.15. The number of benzene rings is 1. The van der Waals surface area contributed by atoms with Gasteiger partial charge in [-0.05, 0) is 37.5 Å². The molecule has 1 aromatic heterocycles. The van der Waals surface area contributed by atoms with Crippen LogP contribution in [0.25, 0.3) is 10.2 Å². The molecule has 2 fully saturated rings. The van der Waals surface area contributed by atoms with Crippen LogP contribution in [0.2, 0.25) is 5.02 Å². The summed E-state index contributed by atoms with van der Waals surface area (Å²) < 4.78 is 1.16.